The van der Waals surface area contributed by atoms with Crippen LogP contribution in [-0.4, -0.2) is 52.3 Å². The number of pyridine rings is 1. The largest absolute Gasteiger partial charge is 0.357 e. The molecule has 1 unspecified atom stereocenters. The van der Waals surface area contributed by atoms with Crippen LogP contribution in [0.5, 0.6) is 0 Å². The fourth-order valence-corrected chi connectivity index (χ4v) is 4.06. The van der Waals surface area contributed by atoms with Crippen molar-refractivity contribution >= 4 is 23.5 Å². The maximum atomic E-state index is 12.9. The number of hydrogen-bond acceptors (Lipinski definition) is 5. The quantitative estimate of drug-likeness (QED) is 0.854. The van der Waals surface area contributed by atoms with Gasteiger partial charge >= 0.3 is 0 Å². The highest BCUT2D eigenvalue weighted by molar-refractivity contribution is 6.02. The van der Waals surface area contributed by atoms with Crippen molar-refractivity contribution in [2.24, 2.45) is 13.0 Å². The van der Waals surface area contributed by atoms with Crippen molar-refractivity contribution in [2.45, 2.75) is 38.6 Å². The van der Waals surface area contributed by atoms with E-state index in [-0.39, 0.29) is 11.8 Å². The molecule has 0 aromatic carbocycles. The van der Waals surface area contributed by atoms with E-state index in [0.29, 0.717) is 18.5 Å². The molecule has 0 aliphatic carbocycles. The van der Waals surface area contributed by atoms with Crippen molar-refractivity contribution < 1.29 is 9.59 Å². The monoisotopic (exact) mass is 396 g/mol. The second-order valence-electron chi connectivity index (χ2n) is 8.05. The van der Waals surface area contributed by atoms with Gasteiger partial charge in [-0.2, -0.15) is 5.10 Å². The summed E-state index contributed by atoms with van der Waals surface area (Å²) in [7, 11) is 1.81. The fraction of sp³-hybridized carbons (Fsp3) is 0.524. The van der Waals surface area contributed by atoms with Gasteiger partial charge in [-0.05, 0) is 43.7 Å². The van der Waals surface area contributed by atoms with Crippen LogP contribution in [0.25, 0.3) is 0 Å². The molecule has 8 nitrogen and oxygen atoms in total. The van der Waals surface area contributed by atoms with Crippen LogP contribution < -0.4 is 15.1 Å². The van der Waals surface area contributed by atoms with Gasteiger partial charge in [-0.25, -0.2) is 4.98 Å². The van der Waals surface area contributed by atoms with E-state index in [0.717, 1.165) is 37.1 Å². The van der Waals surface area contributed by atoms with E-state index in [4.69, 9.17) is 0 Å². The molecule has 154 valence electrons. The SMILES string of the molecule is CC1CCN(c2ccc(C(=O)NC3CCCN(c4ccnn4C)C3=O)cn2)CC1. The first-order chi connectivity index (χ1) is 14.0. The van der Waals surface area contributed by atoms with E-state index in [1.165, 1.54) is 12.8 Å². The summed E-state index contributed by atoms with van der Waals surface area (Å²) in [5.74, 6) is 2.05. The van der Waals surface area contributed by atoms with Crippen LogP contribution in [0.4, 0.5) is 11.6 Å². The van der Waals surface area contributed by atoms with Crippen LogP contribution in [-0.2, 0) is 11.8 Å². The van der Waals surface area contributed by atoms with Gasteiger partial charge in [-0.1, -0.05) is 6.92 Å². The minimum atomic E-state index is -0.533. The Kier molecular flexibility index (Phi) is 5.51. The van der Waals surface area contributed by atoms with Crippen molar-refractivity contribution in [1.29, 1.82) is 0 Å². The number of aryl methyl sites for hydroxylation is 1. The van der Waals surface area contributed by atoms with E-state index in [9.17, 15) is 9.59 Å². The topological polar surface area (TPSA) is 83.4 Å². The first-order valence-corrected chi connectivity index (χ1v) is 10.3. The Morgan fingerprint density at radius 3 is 2.59 bits per heavy atom. The van der Waals surface area contributed by atoms with E-state index in [2.05, 4.69) is 27.2 Å². The summed E-state index contributed by atoms with van der Waals surface area (Å²) in [4.78, 5) is 34.0. The minimum absolute atomic E-state index is 0.0970. The molecule has 2 saturated heterocycles. The summed E-state index contributed by atoms with van der Waals surface area (Å²) in [5, 5.41) is 7.02. The van der Waals surface area contributed by atoms with Crippen LogP contribution in [0.3, 0.4) is 0 Å². The van der Waals surface area contributed by atoms with Gasteiger partial charge < -0.3 is 10.2 Å². The van der Waals surface area contributed by atoms with E-state index in [1.807, 2.05) is 12.1 Å². The molecule has 1 atom stereocenters. The molecule has 8 heteroatoms. The van der Waals surface area contributed by atoms with Crippen molar-refractivity contribution in [3.8, 4) is 0 Å². The molecule has 0 bridgehead atoms. The van der Waals surface area contributed by atoms with Gasteiger partial charge in [-0.15, -0.1) is 0 Å². The number of carbonyl (C=O) groups is 2. The van der Waals surface area contributed by atoms with Crippen LogP contribution >= 0.6 is 0 Å². The number of carbonyl (C=O) groups excluding carboxylic acids is 2. The Morgan fingerprint density at radius 2 is 1.93 bits per heavy atom. The molecule has 4 heterocycles. The smallest absolute Gasteiger partial charge is 0.253 e. The summed E-state index contributed by atoms with van der Waals surface area (Å²) >= 11 is 0. The molecule has 2 fully saturated rings. The summed E-state index contributed by atoms with van der Waals surface area (Å²) in [6.45, 7) is 4.91. The summed E-state index contributed by atoms with van der Waals surface area (Å²) in [6, 6.07) is 4.97. The molecule has 2 amide bonds. The van der Waals surface area contributed by atoms with Gasteiger partial charge in [0.25, 0.3) is 11.8 Å². The van der Waals surface area contributed by atoms with E-state index >= 15 is 0 Å². The summed E-state index contributed by atoms with van der Waals surface area (Å²) in [5.41, 5.74) is 0.476. The third-order valence-corrected chi connectivity index (χ3v) is 5.93. The normalized spacial score (nSPS) is 20.8. The van der Waals surface area contributed by atoms with Gasteiger partial charge in [0, 0.05) is 38.9 Å². The lowest BCUT2D eigenvalue weighted by Crippen LogP contribution is -2.52. The average Bonchev–Trinajstić information content (AvgIpc) is 3.16. The summed E-state index contributed by atoms with van der Waals surface area (Å²) in [6.07, 6.45) is 7.07. The number of anilines is 2. The Labute approximate surface area is 170 Å². The highest BCUT2D eigenvalue weighted by atomic mass is 16.2. The van der Waals surface area contributed by atoms with Crippen LogP contribution in [0.15, 0.2) is 30.6 Å². The number of hydrogen-bond donors (Lipinski definition) is 1. The zero-order valence-corrected chi connectivity index (χ0v) is 17.0. The molecule has 2 aliphatic rings. The number of aromatic nitrogens is 3. The lowest BCUT2D eigenvalue weighted by atomic mass is 9.99. The first-order valence-electron chi connectivity index (χ1n) is 10.3. The van der Waals surface area contributed by atoms with Crippen LogP contribution in [0, 0.1) is 5.92 Å². The second kappa shape index (κ2) is 8.23. The number of rotatable bonds is 4. The Bertz CT molecular complexity index is 870. The Balaban J connectivity index is 1.39. The van der Waals surface area contributed by atoms with Gasteiger partial charge in [0.1, 0.15) is 17.7 Å². The van der Waals surface area contributed by atoms with Crippen molar-refractivity contribution in [3.63, 3.8) is 0 Å². The molecule has 2 aromatic heterocycles. The van der Waals surface area contributed by atoms with Gasteiger partial charge in [0.05, 0.1) is 11.8 Å². The third kappa shape index (κ3) is 4.11. The molecule has 0 spiro atoms. The first kappa shape index (κ1) is 19.4. The minimum Gasteiger partial charge on any atom is -0.357 e. The van der Waals surface area contributed by atoms with Crippen molar-refractivity contribution in [2.75, 3.05) is 29.4 Å². The molecule has 2 aliphatic heterocycles. The molecule has 4 rings (SSSR count). The van der Waals surface area contributed by atoms with E-state index in [1.54, 1.807) is 35.1 Å². The van der Waals surface area contributed by atoms with Crippen molar-refractivity contribution in [1.82, 2.24) is 20.1 Å². The molecular weight excluding hydrogens is 368 g/mol. The molecule has 2 aromatic rings. The lowest BCUT2D eigenvalue weighted by Gasteiger charge is -2.32. The highest BCUT2D eigenvalue weighted by Gasteiger charge is 2.32. The number of nitrogens with one attached hydrogen (secondary N) is 1. The van der Waals surface area contributed by atoms with Crippen molar-refractivity contribution in [3.05, 3.63) is 36.2 Å². The predicted octanol–water partition coefficient (Wildman–Crippen LogP) is 1.98. The Morgan fingerprint density at radius 1 is 1.14 bits per heavy atom. The highest BCUT2D eigenvalue weighted by Crippen LogP contribution is 2.22. The van der Waals surface area contributed by atoms with Gasteiger partial charge in [-0.3, -0.25) is 19.2 Å². The standard InChI is InChI=1S/C21H28N6O2/c1-15-8-12-26(13-9-15)18-6-5-16(14-22-18)20(28)24-17-4-3-11-27(21(17)29)19-7-10-23-25(19)2/h5-7,10,14-15,17H,3-4,8-9,11-13H2,1-2H3,(H,24,28). The fourth-order valence-electron chi connectivity index (χ4n) is 4.06. The zero-order valence-electron chi connectivity index (χ0n) is 17.0. The molecule has 1 N–H and O–H groups in total. The maximum Gasteiger partial charge on any atom is 0.253 e. The molecular formula is C21H28N6O2. The van der Waals surface area contributed by atoms with Gasteiger partial charge in [0.2, 0.25) is 0 Å². The number of piperidine rings is 2. The Hall–Kier alpha value is -2.90. The third-order valence-electron chi connectivity index (χ3n) is 5.93. The number of amides is 2. The van der Waals surface area contributed by atoms with Crippen LogP contribution in [0.2, 0.25) is 0 Å². The summed E-state index contributed by atoms with van der Waals surface area (Å²) < 4.78 is 1.67. The second-order valence-corrected chi connectivity index (χ2v) is 8.05. The zero-order chi connectivity index (χ0) is 20.4. The predicted molar refractivity (Wildman–Crippen MR) is 111 cm³/mol. The molecule has 0 saturated carbocycles. The number of nitrogens with zero attached hydrogens (tertiary/aromatic N) is 5. The molecule has 0 radical (unpaired) electrons. The van der Waals surface area contributed by atoms with E-state index < -0.39 is 6.04 Å². The maximum absolute atomic E-state index is 12.9. The average molecular weight is 396 g/mol. The van der Waals surface area contributed by atoms with Gasteiger partial charge in [0.15, 0.2) is 0 Å². The lowest BCUT2D eigenvalue weighted by molar-refractivity contribution is -0.121. The molecule has 29 heavy (non-hydrogen) atoms. The van der Waals surface area contributed by atoms with Crippen LogP contribution in [0.1, 0.15) is 43.0 Å².